The molecular formula is C16H33N3. The van der Waals surface area contributed by atoms with Crippen molar-refractivity contribution in [2.75, 3.05) is 33.2 Å². The van der Waals surface area contributed by atoms with E-state index >= 15 is 0 Å². The van der Waals surface area contributed by atoms with Crippen molar-refractivity contribution in [2.24, 2.45) is 5.92 Å². The highest BCUT2D eigenvalue weighted by Crippen LogP contribution is 2.21. The topological polar surface area (TPSA) is 18.5 Å². The molecule has 2 aliphatic rings. The summed E-state index contributed by atoms with van der Waals surface area (Å²) in [5.74, 6) is 0.849. The van der Waals surface area contributed by atoms with Gasteiger partial charge in [-0.05, 0) is 79.1 Å². The van der Waals surface area contributed by atoms with Crippen LogP contribution >= 0.6 is 0 Å². The zero-order valence-corrected chi connectivity index (χ0v) is 13.4. The zero-order valence-electron chi connectivity index (χ0n) is 13.4. The number of hydrogen-bond acceptors (Lipinski definition) is 3. The Kier molecular flexibility index (Phi) is 5.67. The van der Waals surface area contributed by atoms with Crippen LogP contribution in [0.25, 0.3) is 0 Å². The monoisotopic (exact) mass is 267 g/mol. The van der Waals surface area contributed by atoms with E-state index in [1.54, 1.807) is 0 Å². The molecule has 0 bridgehead atoms. The summed E-state index contributed by atoms with van der Waals surface area (Å²) in [6.45, 7) is 12.1. The third-order valence-corrected chi connectivity index (χ3v) is 5.13. The van der Waals surface area contributed by atoms with E-state index in [2.05, 4.69) is 42.9 Å². The second kappa shape index (κ2) is 7.05. The first-order valence-electron chi connectivity index (χ1n) is 8.25. The van der Waals surface area contributed by atoms with Crippen molar-refractivity contribution >= 4 is 0 Å². The van der Waals surface area contributed by atoms with Gasteiger partial charge in [-0.25, -0.2) is 0 Å². The molecule has 0 aromatic rings. The normalized spacial score (nSPS) is 29.8. The van der Waals surface area contributed by atoms with Gasteiger partial charge in [0.05, 0.1) is 0 Å². The maximum atomic E-state index is 3.92. The summed E-state index contributed by atoms with van der Waals surface area (Å²) in [6.07, 6.45) is 5.43. The van der Waals surface area contributed by atoms with Crippen molar-refractivity contribution in [1.29, 1.82) is 0 Å². The highest BCUT2D eigenvalue weighted by Gasteiger charge is 2.26. The molecule has 2 rings (SSSR count). The van der Waals surface area contributed by atoms with Gasteiger partial charge in [0.25, 0.3) is 0 Å². The van der Waals surface area contributed by atoms with Crippen LogP contribution in [0.4, 0.5) is 0 Å². The van der Waals surface area contributed by atoms with Gasteiger partial charge in [-0.2, -0.15) is 0 Å². The molecule has 19 heavy (non-hydrogen) atoms. The molecule has 2 saturated heterocycles. The predicted octanol–water partition coefficient (Wildman–Crippen LogP) is 2.18. The maximum Gasteiger partial charge on any atom is 0.00940 e. The molecular weight excluding hydrogens is 234 g/mol. The highest BCUT2D eigenvalue weighted by atomic mass is 15.2. The van der Waals surface area contributed by atoms with E-state index < -0.39 is 0 Å². The van der Waals surface area contributed by atoms with E-state index in [1.165, 1.54) is 51.9 Å². The van der Waals surface area contributed by atoms with Crippen molar-refractivity contribution in [3.05, 3.63) is 0 Å². The molecule has 112 valence electrons. The summed E-state index contributed by atoms with van der Waals surface area (Å²) in [4.78, 5) is 5.10. The van der Waals surface area contributed by atoms with E-state index in [-0.39, 0.29) is 0 Å². The molecule has 2 aliphatic heterocycles. The average Bonchev–Trinajstić information content (AvgIpc) is 2.39. The second-order valence-electron chi connectivity index (χ2n) is 7.02. The lowest BCUT2D eigenvalue weighted by molar-refractivity contribution is 0.135. The molecule has 0 aromatic heterocycles. The lowest BCUT2D eigenvalue weighted by Gasteiger charge is -2.39. The Morgan fingerprint density at radius 3 is 2.26 bits per heavy atom. The SMILES string of the molecule is CC(NC1CCN(C(C)C)CC1)C1CCCN(C)C1. The van der Waals surface area contributed by atoms with Crippen LogP contribution in [0.3, 0.4) is 0 Å². The number of piperidine rings is 2. The third-order valence-electron chi connectivity index (χ3n) is 5.13. The summed E-state index contributed by atoms with van der Waals surface area (Å²) < 4.78 is 0. The molecule has 0 saturated carbocycles. The van der Waals surface area contributed by atoms with Gasteiger partial charge >= 0.3 is 0 Å². The van der Waals surface area contributed by atoms with Crippen molar-refractivity contribution in [2.45, 2.75) is 64.6 Å². The molecule has 0 amide bonds. The largest absolute Gasteiger partial charge is 0.311 e. The van der Waals surface area contributed by atoms with Crippen molar-refractivity contribution < 1.29 is 0 Å². The minimum Gasteiger partial charge on any atom is -0.311 e. The molecule has 3 heteroatoms. The van der Waals surface area contributed by atoms with E-state index in [1.807, 2.05) is 0 Å². The van der Waals surface area contributed by atoms with Crippen LogP contribution in [0, 0.1) is 5.92 Å². The Morgan fingerprint density at radius 2 is 1.68 bits per heavy atom. The van der Waals surface area contributed by atoms with E-state index in [9.17, 15) is 0 Å². The van der Waals surface area contributed by atoms with Gasteiger partial charge in [0.2, 0.25) is 0 Å². The second-order valence-corrected chi connectivity index (χ2v) is 7.02. The first-order chi connectivity index (χ1) is 9.06. The van der Waals surface area contributed by atoms with Gasteiger partial charge < -0.3 is 15.1 Å². The number of likely N-dealkylation sites (tertiary alicyclic amines) is 2. The minimum atomic E-state index is 0.679. The average molecular weight is 267 g/mol. The minimum absolute atomic E-state index is 0.679. The zero-order chi connectivity index (χ0) is 13.8. The van der Waals surface area contributed by atoms with Gasteiger partial charge in [-0.3, -0.25) is 0 Å². The Balaban J connectivity index is 1.72. The third kappa shape index (κ3) is 4.44. The first-order valence-corrected chi connectivity index (χ1v) is 8.25. The molecule has 2 unspecified atom stereocenters. The van der Waals surface area contributed by atoms with Gasteiger partial charge in [-0.15, -0.1) is 0 Å². The molecule has 2 atom stereocenters. The van der Waals surface area contributed by atoms with Gasteiger partial charge in [0, 0.05) is 24.7 Å². The Hall–Kier alpha value is -0.120. The van der Waals surface area contributed by atoms with E-state index in [0.29, 0.717) is 12.1 Å². The quantitative estimate of drug-likeness (QED) is 0.842. The molecule has 1 N–H and O–H groups in total. The molecule has 0 aliphatic carbocycles. The molecule has 0 aromatic carbocycles. The smallest absolute Gasteiger partial charge is 0.00940 e. The fourth-order valence-electron chi connectivity index (χ4n) is 3.70. The fraction of sp³-hybridized carbons (Fsp3) is 1.00. The number of hydrogen-bond donors (Lipinski definition) is 1. The highest BCUT2D eigenvalue weighted by molar-refractivity contribution is 4.85. The predicted molar refractivity (Wildman–Crippen MR) is 82.5 cm³/mol. The van der Waals surface area contributed by atoms with Crippen LogP contribution in [-0.2, 0) is 0 Å². The standard InChI is InChI=1S/C16H33N3/c1-13(2)19-10-7-16(8-11-19)17-14(3)15-6-5-9-18(4)12-15/h13-17H,5-12H2,1-4H3. The number of nitrogens with one attached hydrogen (secondary N) is 1. The van der Waals surface area contributed by atoms with Gasteiger partial charge in [0.1, 0.15) is 0 Å². The van der Waals surface area contributed by atoms with E-state index in [0.717, 1.165) is 12.0 Å². The first kappa shape index (κ1) is 15.3. The molecule has 2 heterocycles. The van der Waals surface area contributed by atoms with Gasteiger partial charge in [-0.1, -0.05) is 0 Å². The van der Waals surface area contributed by atoms with Crippen molar-refractivity contribution in [3.63, 3.8) is 0 Å². The van der Waals surface area contributed by atoms with Crippen LogP contribution in [0.2, 0.25) is 0 Å². The van der Waals surface area contributed by atoms with Crippen molar-refractivity contribution in [1.82, 2.24) is 15.1 Å². The molecule has 3 nitrogen and oxygen atoms in total. The fourth-order valence-corrected chi connectivity index (χ4v) is 3.70. The number of nitrogens with zero attached hydrogens (tertiary/aromatic N) is 2. The summed E-state index contributed by atoms with van der Waals surface area (Å²) in [5.41, 5.74) is 0. The van der Waals surface area contributed by atoms with Crippen LogP contribution < -0.4 is 5.32 Å². The Labute approximate surface area is 119 Å². The van der Waals surface area contributed by atoms with Gasteiger partial charge in [0.15, 0.2) is 0 Å². The summed E-state index contributed by atoms with van der Waals surface area (Å²) >= 11 is 0. The summed E-state index contributed by atoms with van der Waals surface area (Å²) in [7, 11) is 2.26. The van der Waals surface area contributed by atoms with E-state index in [4.69, 9.17) is 0 Å². The lowest BCUT2D eigenvalue weighted by Crippen LogP contribution is -2.50. The van der Waals surface area contributed by atoms with Crippen LogP contribution in [0.5, 0.6) is 0 Å². The van der Waals surface area contributed by atoms with Crippen LogP contribution in [-0.4, -0.2) is 61.2 Å². The summed E-state index contributed by atoms with van der Waals surface area (Å²) in [6, 6.07) is 2.14. The molecule has 0 radical (unpaired) electrons. The lowest BCUT2D eigenvalue weighted by atomic mass is 9.90. The maximum absolute atomic E-state index is 3.92. The van der Waals surface area contributed by atoms with Crippen LogP contribution in [0.1, 0.15) is 46.5 Å². The summed E-state index contributed by atoms with van der Waals surface area (Å²) in [5, 5.41) is 3.92. The number of rotatable bonds is 4. The Morgan fingerprint density at radius 1 is 1.00 bits per heavy atom. The van der Waals surface area contributed by atoms with Crippen LogP contribution in [0.15, 0.2) is 0 Å². The van der Waals surface area contributed by atoms with Crippen molar-refractivity contribution in [3.8, 4) is 0 Å². The molecule has 0 spiro atoms. The Bertz CT molecular complexity index is 259. The molecule has 2 fully saturated rings.